The largest absolute Gasteiger partial charge is 0.352 e. The van der Waals surface area contributed by atoms with Gasteiger partial charge in [-0.25, -0.2) is 4.39 Å². The van der Waals surface area contributed by atoms with Crippen molar-refractivity contribution in [2.45, 2.75) is 33.2 Å². The first kappa shape index (κ1) is 19.6. The standard InChI is InChI=1S/C21H25FN2O2/c1-16-6-5-7-18(14-16)15-23-21(26)11-13-24(17(2)25)12-10-19-8-3-4-9-20(19)22/h3-9,14H,10-13,15H2,1-2H3,(H,23,26). The van der Waals surface area contributed by atoms with Gasteiger partial charge in [-0.15, -0.1) is 0 Å². The summed E-state index contributed by atoms with van der Waals surface area (Å²) in [4.78, 5) is 25.4. The fourth-order valence-corrected chi connectivity index (χ4v) is 2.73. The summed E-state index contributed by atoms with van der Waals surface area (Å²) in [5.74, 6) is -0.497. The molecule has 0 heterocycles. The van der Waals surface area contributed by atoms with Gasteiger partial charge in [-0.1, -0.05) is 48.0 Å². The van der Waals surface area contributed by atoms with Gasteiger partial charge in [0.25, 0.3) is 0 Å². The number of hydrogen-bond donors (Lipinski definition) is 1. The van der Waals surface area contributed by atoms with Crippen molar-refractivity contribution in [2.75, 3.05) is 13.1 Å². The van der Waals surface area contributed by atoms with Crippen LogP contribution in [-0.4, -0.2) is 29.8 Å². The first-order valence-electron chi connectivity index (χ1n) is 8.77. The molecule has 4 nitrogen and oxygen atoms in total. The van der Waals surface area contributed by atoms with E-state index in [2.05, 4.69) is 5.32 Å². The molecule has 0 fully saturated rings. The maximum atomic E-state index is 13.7. The van der Waals surface area contributed by atoms with Crippen LogP contribution in [0.1, 0.15) is 30.0 Å². The molecule has 2 aromatic rings. The minimum absolute atomic E-state index is 0.108. The Balaban J connectivity index is 1.79. The second kappa shape index (κ2) is 9.70. The highest BCUT2D eigenvalue weighted by Gasteiger charge is 2.12. The monoisotopic (exact) mass is 356 g/mol. The van der Waals surface area contributed by atoms with E-state index in [0.29, 0.717) is 31.6 Å². The average Bonchev–Trinajstić information content (AvgIpc) is 2.61. The van der Waals surface area contributed by atoms with Gasteiger partial charge in [0.1, 0.15) is 5.82 Å². The molecule has 2 aromatic carbocycles. The molecule has 0 spiro atoms. The molecule has 0 aliphatic heterocycles. The molecule has 1 N–H and O–H groups in total. The zero-order valence-corrected chi connectivity index (χ0v) is 15.3. The normalized spacial score (nSPS) is 10.4. The van der Waals surface area contributed by atoms with E-state index < -0.39 is 0 Å². The number of rotatable bonds is 8. The van der Waals surface area contributed by atoms with E-state index in [1.165, 1.54) is 13.0 Å². The minimum atomic E-state index is -0.271. The molecule has 0 unspecified atom stereocenters. The van der Waals surface area contributed by atoms with Gasteiger partial charge in [-0.2, -0.15) is 0 Å². The quantitative estimate of drug-likeness (QED) is 0.789. The number of benzene rings is 2. The molecule has 2 amide bonds. The second-order valence-corrected chi connectivity index (χ2v) is 6.36. The highest BCUT2D eigenvalue weighted by Crippen LogP contribution is 2.08. The van der Waals surface area contributed by atoms with E-state index in [-0.39, 0.29) is 24.1 Å². The molecule has 0 radical (unpaired) electrons. The van der Waals surface area contributed by atoms with Gasteiger partial charge in [-0.05, 0) is 30.5 Å². The van der Waals surface area contributed by atoms with Crippen molar-refractivity contribution < 1.29 is 14.0 Å². The lowest BCUT2D eigenvalue weighted by molar-refractivity contribution is -0.129. The molecular formula is C21H25FN2O2. The van der Waals surface area contributed by atoms with Crippen LogP contribution in [0, 0.1) is 12.7 Å². The molecule has 0 aliphatic rings. The lowest BCUT2D eigenvalue weighted by atomic mass is 10.1. The third kappa shape index (κ3) is 6.31. The van der Waals surface area contributed by atoms with Crippen LogP contribution < -0.4 is 5.32 Å². The maximum Gasteiger partial charge on any atom is 0.222 e. The first-order chi connectivity index (χ1) is 12.5. The van der Waals surface area contributed by atoms with Gasteiger partial charge < -0.3 is 10.2 Å². The van der Waals surface area contributed by atoms with Crippen LogP contribution in [0.3, 0.4) is 0 Å². The molecule has 138 valence electrons. The molecule has 0 aliphatic carbocycles. The minimum Gasteiger partial charge on any atom is -0.352 e. The van der Waals surface area contributed by atoms with Crippen molar-refractivity contribution in [3.63, 3.8) is 0 Å². The summed E-state index contributed by atoms with van der Waals surface area (Å²) in [5, 5.41) is 2.87. The Morgan fingerprint density at radius 3 is 2.54 bits per heavy atom. The van der Waals surface area contributed by atoms with Crippen LogP contribution in [0.15, 0.2) is 48.5 Å². The zero-order chi connectivity index (χ0) is 18.9. The summed E-state index contributed by atoms with van der Waals surface area (Å²) < 4.78 is 13.7. The van der Waals surface area contributed by atoms with Crippen LogP contribution in [0.5, 0.6) is 0 Å². The highest BCUT2D eigenvalue weighted by molar-refractivity contribution is 5.78. The smallest absolute Gasteiger partial charge is 0.222 e. The van der Waals surface area contributed by atoms with Crippen LogP contribution in [-0.2, 0) is 22.6 Å². The molecule has 0 atom stereocenters. The Hall–Kier alpha value is -2.69. The average molecular weight is 356 g/mol. The van der Waals surface area contributed by atoms with Crippen molar-refractivity contribution in [3.05, 3.63) is 71.0 Å². The van der Waals surface area contributed by atoms with Gasteiger partial charge >= 0.3 is 0 Å². The van der Waals surface area contributed by atoms with Gasteiger partial charge in [-0.3, -0.25) is 9.59 Å². The van der Waals surface area contributed by atoms with Crippen LogP contribution in [0.2, 0.25) is 0 Å². The molecule has 0 aromatic heterocycles. The van der Waals surface area contributed by atoms with Gasteiger partial charge in [0.15, 0.2) is 0 Å². The van der Waals surface area contributed by atoms with E-state index in [1.54, 1.807) is 23.1 Å². The predicted molar refractivity (Wildman–Crippen MR) is 100 cm³/mol. The highest BCUT2D eigenvalue weighted by atomic mass is 19.1. The Morgan fingerprint density at radius 2 is 1.85 bits per heavy atom. The van der Waals surface area contributed by atoms with E-state index in [9.17, 15) is 14.0 Å². The third-order valence-corrected chi connectivity index (χ3v) is 4.24. The maximum absolute atomic E-state index is 13.7. The Bertz CT molecular complexity index is 761. The molecule has 2 rings (SSSR count). The van der Waals surface area contributed by atoms with E-state index in [0.717, 1.165) is 11.1 Å². The molecule has 5 heteroatoms. The van der Waals surface area contributed by atoms with Gasteiger partial charge in [0, 0.05) is 33.0 Å². The van der Waals surface area contributed by atoms with Crippen molar-refractivity contribution in [1.29, 1.82) is 0 Å². The number of nitrogens with zero attached hydrogens (tertiary/aromatic N) is 1. The summed E-state index contributed by atoms with van der Waals surface area (Å²) in [5.41, 5.74) is 2.76. The zero-order valence-electron chi connectivity index (χ0n) is 15.3. The summed E-state index contributed by atoms with van der Waals surface area (Å²) in [7, 11) is 0. The summed E-state index contributed by atoms with van der Waals surface area (Å²) in [6, 6.07) is 14.5. The topological polar surface area (TPSA) is 49.4 Å². The van der Waals surface area contributed by atoms with E-state index >= 15 is 0 Å². The number of nitrogens with one attached hydrogen (secondary N) is 1. The number of amides is 2. The number of aryl methyl sites for hydroxylation is 1. The molecule has 0 saturated carbocycles. The van der Waals surface area contributed by atoms with Gasteiger partial charge in [0.2, 0.25) is 11.8 Å². The van der Waals surface area contributed by atoms with Crippen LogP contribution in [0.25, 0.3) is 0 Å². The number of carbonyl (C=O) groups excluding carboxylic acids is 2. The van der Waals surface area contributed by atoms with Crippen molar-refractivity contribution in [3.8, 4) is 0 Å². The van der Waals surface area contributed by atoms with Crippen LogP contribution in [0.4, 0.5) is 4.39 Å². The predicted octanol–water partition coefficient (Wildman–Crippen LogP) is 3.23. The Morgan fingerprint density at radius 1 is 1.08 bits per heavy atom. The first-order valence-corrected chi connectivity index (χ1v) is 8.77. The molecule has 0 bridgehead atoms. The number of carbonyl (C=O) groups is 2. The molecule has 0 saturated heterocycles. The van der Waals surface area contributed by atoms with E-state index in [4.69, 9.17) is 0 Å². The van der Waals surface area contributed by atoms with Crippen molar-refractivity contribution in [1.82, 2.24) is 10.2 Å². The fourth-order valence-electron chi connectivity index (χ4n) is 2.73. The van der Waals surface area contributed by atoms with Crippen LogP contribution >= 0.6 is 0 Å². The Kier molecular flexibility index (Phi) is 7.33. The third-order valence-electron chi connectivity index (χ3n) is 4.24. The SMILES string of the molecule is CC(=O)N(CCC(=O)NCc1cccc(C)c1)CCc1ccccc1F. The lowest BCUT2D eigenvalue weighted by Gasteiger charge is -2.21. The summed E-state index contributed by atoms with van der Waals surface area (Å²) >= 11 is 0. The number of halogens is 1. The van der Waals surface area contributed by atoms with Gasteiger partial charge in [0.05, 0.1) is 0 Å². The fraction of sp³-hybridized carbons (Fsp3) is 0.333. The molecule has 26 heavy (non-hydrogen) atoms. The number of hydrogen-bond acceptors (Lipinski definition) is 2. The van der Waals surface area contributed by atoms with Crippen molar-refractivity contribution >= 4 is 11.8 Å². The van der Waals surface area contributed by atoms with E-state index in [1.807, 2.05) is 31.2 Å². The summed E-state index contributed by atoms with van der Waals surface area (Å²) in [6.07, 6.45) is 0.653. The molecular weight excluding hydrogens is 331 g/mol. The Labute approximate surface area is 154 Å². The lowest BCUT2D eigenvalue weighted by Crippen LogP contribution is -2.35. The summed E-state index contributed by atoms with van der Waals surface area (Å²) in [6.45, 7) is 4.65. The van der Waals surface area contributed by atoms with Crippen molar-refractivity contribution in [2.24, 2.45) is 0 Å². The second-order valence-electron chi connectivity index (χ2n) is 6.36.